The molecule has 0 spiro atoms. The van der Waals surface area contributed by atoms with Crippen LogP contribution in [0.15, 0.2) is 18.2 Å². The lowest BCUT2D eigenvalue weighted by atomic mass is 9.89. The molecule has 0 aromatic heterocycles. The third-order valence-electron chi connectivity index (χ3n) is 3.08. The molecule has 1 aliphatic carbocycles. The van der Waals surface area contributed by atoms with Gasteiger partial charge >= 0.3 is 0 Å². The van der Waals surface area contributed by atoms with Gasteiger partial charge in [-0.1, -0.05) is 36.5 Å². The highest BCUT2D eigenvalue weighted by Crippen LogP contribution is 2.32. The molecule has 16 heavy (non-hydrogen) atoms. The van der Waals surface area contributed by atoms with Gasteiger partial charge in [0.25, 0.3) is 0 Å². The van der Waals surface area contributed by atoms with Gasteiger partial charge in [-0.15, -0.1) is 0 Å². The standard InChI is InChI=1S/C13H16Cl2O/c1-9-3-2-4-11(7-9)16-13-8-10(14)5-6-12(13)15/h5-6,8-9,11H,2-4,7H2,1H3. The SMILES string of the molecule is CC1CCCC(Oc2cc(Cl)ccc2Cl)C1. The molecule has 0 amide bonds. The molecule has 2 rings (SSSR count). The van der Waals surface area contributed by atoms with Crippen LogP contribution < -0.4 is 4.74 Å². The lowest BCUT2D eigenvalue weighted by molar-refractivity contribution is 0.129. The zero-order chi connectivity index (χ0) is 11.5. The van der Waals surface area contributed by atoms with Gasteiger partial charge in [0, 0.05) is 11.1 Å². The summed E-state index contributed by atoms with van der Waals surface area (Å²) in [6, 6.07) is 5.36. The number of hydrogen-bond donors (Lipinski definition) is 0. The largest absolute Gasteiger partial charge is 0.489 e. The Labute approximate surface area is 107 Å². The van der Waals surface area contributed by atoms with Crippen LogP contribution in [0.2, 0.25) is 10.0 Å². The third kappa shape index (κ3) is 3.05. The molecule has 0 bridgehead atoms. The average Bonchev–Trinajstić information content (AvgIpc) is 2.24. The van der Waals surface area contributed by atoms with E-state index in [-0.39, 0.29) is 0 Å². The summed E-state index contributed by atoms with van der Waals surface area (Å²) < 4.78 is 5.92. The first-order valence-corrected chi connectivity index (χ1v) is 6.52. The van der Waals surface area contributed by atoms with Crippen molar-refractivity contribution in [2.75, 3.05) is 0 Å². The number of benzene rings is 1. The Morgan fingerprint density at radius 3 is 2.81 bits per heavy atom. The van der Waals surface area contributed by atoms with E-state index in [0.717, 1.165) is 18.8 Å². The molecule has 88 valence electrons. The van der Waals surface area contributed by atoms with Crippen LogP contribution in [0.5, 0.6) is 5.75 Å². The fraction of sp³-hybridized carbons (Fsp3) is 0.538. The molecular formula is C13H16Cl2O. The van der Waals surface area contributed by atoms with Crippen LogP contribution in [0.1, 0.15) is 32.6 Å². The minimum atomic E-state index is 0.291. The van der Waals surface area contributed by atoms with Crippen LogP contribution in [-0.2, 0) is 0 Å². The zero-order valence-corrected chi connectivity index (χ0v) is 10.9. The number of ether oxygens (including phenoxy) is 1. The molecule has 0 aliphatic heterocycles. The second-order valence-electron chi connectivity index (χ2n) is 4.59. The molecule has 1 aromatic rings. The lowest BCUT2D eigenvalue weighted by Crippen LogP contribution is -2.24. The van der Waals surface area contributed by atoms with Crippen molar-refractivity contribution in [3.05, 3.63) is 28.2 Å². The zero-order valence-electron chi connectivity index (χ0n) is 9.38. The van der Waals surface area contributed by atoms with Crippen LogP contribution in [0.4, 0.5) is 0 Å². The summed E-state index contributed by atoms with van der Waals surface area (Å²) in [6.07, 6.45) is 5.07. The van der Waals surface area contributed by atoms with Gasteiger partial charge in [0.1, 0.15) is 5.75 Å². The molecule has 1 aromatic carbocycles. The third-order valence-corrected chi connectivity index (χ3v) is 3.62. The van der Waals surface area contributed by atoms with E-state index < -0.39 is 0 Å². The molecule has 3 heteroatoms. The van der Waals surface area contributed by atoms with Gasteiger partial charge in [-0.2, -0.15) is 0 Å². The molecule has 1 saturated carbocycles. The Morgan fingerprint density at radius 1 is 1.25 bits per heavy atom. The van der Waals surface area contributed by atoms with E-state index in [1.807, 2.05) is 0 Å². The molecule has 2 atom stereocenters. The van der Waals surface area contributed by atoms with E-state index >= 15 is 0 Å². The van der Waals surface area contributed by atoms with E-state index in [9.17, 15) is 0 Å². The highest BCUT2D eigenvalue weighted by Gasteiger charge is 2.20. The van der Waals surface area contributed by atoms with Crippen molar-refractivity contribution in [1.29, 1.82) is 0 Å². The maximum absolute atomic E-state index is 6.07. The Hall–Kier alpha value is -0.400. The second kappa shape index (κ2) is 5.29. The van der Waals surface area contributed by atoms with Crippen LogP contribution in [0, 0.1) is 5.92 Å². The van der Waals surface area contributed by atoms with Gasteiger partial charge in [-0.05, 0) is 37.3 Å². The fourth-order valence-corrected chi connectivity index (χ4v) is 2.56. The molecule has 1 aliphatic rings. The molecule has 0 saturated heterocycles. The van der Waals surface area contributed by atoms with E-state index in [1.165, 1.54) is 12.8 Å². The molecular weight excluding hydrogens is 243 g/mol. The van der Waals surface area contributed by atoms with Crippen molar-refractivity contribution in [2.24, 2.45) is 5.92 Å². The first-order chi connectivity index (χ1) is 7.65. The maximum Gasteiger partial charge on any atom is 0.139 e. The monoisotopic (exact) mass is 258 g/mol. The van der Waals surface area contributed by atoms with Crippen LogP contribution in [-0.4, -0.2) is 6.10 Å². The van der Waals surface area contributed by atoms with Gasteiger partial charge in [0.15, 0.2) is 0 Å². The van der Waals surface area contributed by atoms with Gasteiger partial charge in [-0.25, -0.2) is 0 Å². The Bertz CT molecular complexity index is 365. The second-order valence-corrected chi connectivity index (χ2v) is 5.43. The summed E-state index contributed by atoms with van der Waals surface area (Å²) in [5.74, 6) is 1.46. The van der Waals surface area contributed by atoms with Crippen molar-refractivity contribution in [2.45, 2.75) is 38.7 Å². The first kappa shape index (κ1) is 12.1. The summed E-state index contributed by atoms with van der Waals surface area (Å²) in [4.78, 5) is 0. The highest BCUT2D eigenvalue weighted by atomic mass is 35.5. The molecule has 1 fully saturated rings. The summed E-state index contributed by atoms with van der Waals surface area (Å²) in [7, 11) is 0. The summed E-state index contributed by atoms with van der Waals surface area (Å²) >= 11 is 12.0. The predicted octanol–water partition coefficient (Wildman–Crippen LogP) is 4.95. The predicted molar refractivity (Wildman–Crippen MR) is 68.5 cm³/mol. The van der Waals surface area contributed by atoms with Gasteiger partial charge in [0.2, 0.25) is 0 Å². The van der Waals surface area contributed by atoms with Gasteiger partial charge < -0.3 is 4.74 Å². The Kier molecular flexibility index (Phi) is 3.99. The van der Waals surface area contributed by atoms with Crippen LogP contribution in [0.25, 0.3) is 0 Å². The van der Waals surface area contributed by atoms with E-state index in [2.05, 4.69) is 6.92 Å². The quantitative estimate of drug-likeness (QED) is 0.730. The molecule has 2 unspecified atom stereocenters. The number of hydrogen-bond acceptors (Lipinski definition) is 1. The minimum Gasteiger partial charge on any atom is -0.489 e. The van der Waals surface area contributed by atoms with E-state index in [0.29, 0.717) is 21.9 Å². The topological polar surface area (TPSA) is 9.23 Å². The average molecular weight is 259 g/mol. The summed E-state index contributed by atoms with van der Waals surface area (Å²) in [5, 5.41) is 1.31. The molecule has 0 N–H and O–H groups in total. The van der Waals surface area contributed by atoms with Crippen molar-refractivity contribution < 1.29 is 4.74 Å². The lowest BCUT2D eigenvalue weighted by Gasteiger charge is -2.27. The van der Waals surface area contributed by atoms with Crippen LogP contribution in [0.3, 0.4) is 0 Å². The van der Waals surface area contributed by atoms with Crippen molar-refractivity contribution in [1.82, 2.24) is 0 Å². The molecule has 1 nitrogen and oxygen atoms in total. The Morgan fingerprint density at radius 2 is 2.06 bits per heavy atom. The van der Waals surface area contributed by atoms with Crippen molar-refractivity contribution in [3.8, 4) is 5.75 Å². The normalized spacial score (nSPS) is 25.4. The van der Waals surface area contributed by atoms with Gasteiger partial charge in [-0.3, -0.25) is 0 Å². The fourth-order valence-electron chi connectivity index (χ4n) is 2.23. The Balaban J connectivity index is 2.05. The van der Waals surface area contributed by atoms with Crippen molar-refractivity contribution >= 4 is 23.2 Å². The van der Waals surface area contributed by atoms with E-state index in [1.54, 1.807) is 18.2 Å². The molecule has 0 radical (unpaired) electrons. The minimum absolute atomic E-state index is 0.291. The number of halogens is 2. The summed E-state index contributed by atoms with van der Waals surface area (Å²) in [5.41, 5.74) is 0. The molecule has 0 heterocycles. The van der Waals surface area contributed by atoms with E-state index in [4.69, 9.17) is 27.9 Å². The van der Waals surface area contributed by atoms with Crippen molar-refractivity contribution in [3.63, 3.8) is 0 Å². The summed E-state index contributed by atoms with van der Waals surface area (Å²) in [6.45, 7) is 2.27. The smallest absolute Gasteiger partial charge is 0.139 e. The van der Waals surface area contributed by atoms with Crippen LogP contribution >= 0.6 is 23.2 Å². The maximum atomic E-state index is 6.07. The number of rotatable bonds is 2. The highest BCUT2D eigenvalue weighted by molar-refractivity contribution is 6.34. The van der Waals surface area contributed by atoms with Gasteiger partial charge in [0.05, 0.1) is 11.1 Å². The first-order valence-electron chi connectivity index (χ1n) is 5.77.